The van der Waals surface area contributed by atoms with Gasteiger partial charge < -0.3 is 9.64 Å². The Balaban J connectivity index is 1.48. The molecule has 2 nitrogen and oxygen atoms in total. The molecule has 2 atom stereocenters. The minimum Gasteiger partial charge on any atom is -0.381 e. The fraction of sp³-hybridized carbons (Fsp3) is 1.00. The van der Waals surface area contributed by atoms with Crippen LogP contribution in [0.2, 0.25) is 0 Å². The summed E-state index contributed by atoms with van der Waals surface area (Å²) in [6.07, 6.45) is 7.11. The van der Waals surface area contributed by atoms with Crippen molar-refractivity contribution in [1.29, 1.82) is 0 Å². The molecule has 2 heteroatoms. The fourth-order valence-electron chi connectivity index (χ4n) is 3.78. The summed E-state index contributed by atoms with van der Waals surface area (Å²) in [5.41, 5.74) is 0. The Morgan fingerprint density at radius 1 is 0.933 bits per heavy atom. The lowest BCUT2D eigenvalue weighted by atomic mass is 10.00. The van der Waals surface area contributed by atoms with E-state index in [9.17, 15) is 0 Å². The number of ether oxygens (including phenoxy) is 1. The largest absolute Gasteiger partial charge is 0.381 e. The molecule has 2 aliphatic heterocycles. The molecule has 3 rings (SSSR count). The van der Waals surface area contributed by atoms with Gasteiger partial charge in [-0.25, -0.2) is 0 Å². The van der Waals surface area contributed by atoms with Crippen LogP contribution in [0.4, 0.5) is 0 Å². The first-order chi connectivity index (χ1) is 7.42. The standard InChI is InChI=1S/C13H23NO/c1-2-12-9-14(10-13(12)3-1)8-11-4-6-15-7-5-11/h11-13H,1-10H2/t12-,13?/m1/s1. The highest BCUT2D eigenvalue weighted by Gasteiger charge is 2.36. The van der Waals surface area contributed by atoms with Crippen LogP contribution in [0, 0.1) is 17.8 Å². The number of hydrogen-bond acceptors (Lipinski definition) is 2. The smallest absolute Gasteiger partial charge is 0.0469 e. The maximum atomic E-state index is 5.42. The molecule has 0 spiro atoms. The summed E-state index contributed by atoms with van der Waals surface area (Å²) in [7, 11) is 0. The first-order valence-corrected chi connectivity index (χ1v) is 6.72. The van der Waals surface area contributed by atoms with E-state index in [-0.39, 0.29) is 0 Å². The van der Waals surface area contributed by atoms with E-state index in [2.05, 4.69) is 4.90 Å². The van der Waals surface area contributed by atoms with Crippen LogP contribution in [0.3, 0.4) is 0 Å². The molecule has 3 fully saturated rings. The van der Waals surface area contributed by atoms with Crippen molar-refractivity contribution < 1.29 is 4.74 Å². The Morgan fingerprint density at radius 3 is 2.27 bits per heavy atom. The second-order valence-electron chi connectivity index (χ2n) is 5.73. The summed E-state index contributed by atoms with van der Waals surface area (Å²) in [6.45, 7) is 6.18. The summed E-state index contributed by atoms with van der Waals surface area (Å²) < 4.78 is 5.42. The normalized spacial score (nSPS) is 38.4. The molecule has 0 aromatic heterocycles. The van der Waals surface area contributed by atoms with E-state index in [1.165, 1.54) is 51.7 Å². The van der Waals surface area contributed by atoms with Gasteiger partial charge in [0.1, 0.15) is 0 Å². The third-order valence-corrected chi connectivity index (χ3v) is 4.66. The van der Waals surface area contributed by atoms with Crippen molar-refractivity contribution in [3.8, 4) is 0 Å². The maximum Gasteiger partial charge on any atom is 0.0469 e. The van der Waals surface area contributed by atoms with Gasteiger partial charge in [0.05, 0.1) is 0 Å². The lowest BCUT2D eigenvalue weighted by molar-refractivity contribution is 0.0546. The van der Waals surface area contributed by atoms with Crippen molar-refractivity contribution in [1.82, 2.24) is 4.90 Å². The van der Waals surface area contributed by atoms with E-state index < -0.39 is 0 Å². The van der Waals surface area contributed by atoms with Gasteiger partial charge in [0.25, 0.3) is 0 Å². The number of fused-ring (bicyclic) bond motifs is 1. The zero-order chi connectivity index (χ0) is 10.1. The summed E-state index contributed by atoms with van der Waals surface area (Å²) >= 11 is 0. The van der Waals surface area contributed by atoms with Gasteiger partial charge in [0.2, 0.25) is 0 Å². The van der Waals surface area contributed by atoms with E-state index in [1.54, 1.807) is 0 Å². The molecule has 0 aromatic rings. The van der Waals surface area contributed by atoms with E-state index in [0.29, 0.717) is 0 Å². The van der Waals surface area contributed by atoms with Crippen LogP contribution in [-0.2, 0) is 4.74 Å². The molecular formula is C13H23NO. The van der Waals surface area contributed by atoms with Gasteiger partial charge >= 0.3 is 0 Å². The summed E-state index contributed by atoms with van der Waals surface area (Å²) in [5.74, 6) is 3.05. The van der Waals surface area contributed by atoms with Crippen molar-refractivity contribution in [2.75, 3.05) is 32.8 Å². The second kappa shape index (κ2) is 4.42. The first-order valence-electron chi connectivity index (χ1n) is 6.72. The molecule has 0 amide bonds. The van der Waals surface area contributed by atoms with E-state index in [0.717, 1.165) is 31.0 Å². The molecular weight excluding hydrogens is 186 g/mol. The lowest BCUT2D eigenvalue weighted by Crippen LogP contribution is -2.31. The van der Waals surface area contributed by atoms with Crippen molar-refractivity contribution in [3.05, 3.63) is 0 Å². The van der Waals surface area contributed by atoms with Crippen LogP contribution in [0.1, 0.15) is 32.1 Å². The average molecular weight is 209 g/mol. The van der Waals surface area contributed by atoms with Crippen molar-refractivity contribution >= 4 is 0 Å². The Morgan fingerprint density at radius 2 is 1.60 bits per heavy atom. The summed E-state index contributed by atoms with van der Waals surface area (Å²) in [5, 5.41) is 0. The number of nitrogens with zero attached hydrogens (tertiary/aromatic N) is 1. The zero-order valence-corrected chi connectivity index (χ0v) is 9.66. The molecule has 0 bridgehead atoms. The topological polar surface area (TPSA) is 12.5 Å². The van der Waals surface area contributed by atoms with Crippen LogP contribution in [0.15, 0.2) is 0 Å². The average Bonchev–Trinajstić information content (AvgIpc) is 2.79. The Labute approximate surface area is 93.0 Å². The number of hydrogen-bond donors (Lipinski definition) is 0. The van der Waals surface area contributed by atoms with Crippen molar-refractivity contribution in [2.45, 2.75) is 32.1 Å². The third-order valence-electron chi connectivity index (χ3n) is 4.66. The SMILES string of the molecule is C1CC2CN(CC3CCOCC3)C[C@H]2C1. The lowest BCUT2D eigenvalue weighted by Gasteiger charge is -2.27. The van der Waals surface area contributed by atoms with Crippen LogP contribution < -0.4 is 0 Å². The van der Waals surface area contributed by atoms with Gasteiger partial charge in [0.15, 0.2) is 0 Å². The molecule has 1 aliphatic carbocycles. The molecule has 0 radical (unpaired) electrons. The van der Waals surface area contributed by atoms with Gasteiger partial charge in [-0.3, -0.25) is 0 Å². The van der Waals surface area contributed by atoms with Gasteiger partial charge in [-0.15, -0.1) is 0 Å². The second-order valence-corrected chi connectivity index (χ2v) is 5.73. The summed E-state index contributed by atoms with van der Waals surface area (Å²) in [6, 6.07) is 0. The number of rotatable bonds is 2. The van der Waals surface area contributed by atoms with Gasteiger partial charge in [-0.1, -0.05) is 6.42 Å². The van der Waals surface area contributed by atoms with Crippen LogP contribution in [0.25, 0.3) is 0 Å². The fourth-order valence-corrected chi connectivity index (χ4v) is 3.78. The Bertz CT molecular complexity index is 201. The molecule has 2 saturated heterocycles. The van der Waals surface area contributed by atoms with Gasteiger partial charge in [-0.05, 0) is 43.4 Å². The summed E-state index contributed by atoms with van der Waals surface area (Å²) in [4.78, 5) is 2.74. The van der Waals surface area contributed by atoms with E-state index in [4.69, 9.17) is 4.74 Å². The van der Waals surface area contributed by atoms with E-state index >= 15 is 0 Å². The molecule has 86 valence electrons. The molecule has 1 saturated carbocycles. The molecule has 15 heavy (non-hydrogen) atoms. The van der Waals surface area contributed by atoms with Crippen LogP contribution >= 0.6 is 0 Å². The first kappa shape index (κ1) is 10.1. The molecule has 2 heterocycles. The zero-order valence-electron chi connectivity index (χ0n) is 9.66. The minimum atomic E-state index is 0.928. The minimum absolute atomic E-state index is 0.928. The quantitative estimate of drug-likeness (QED) is 0.691. The van der Waals surface area contributed by atoms with E-state index in [1.807, 2.05) is 0 Å². The number of likely N-dealkylation sites (tertiary alicyclic amines) is 1. The van der Waals surface area contributed by atoms with Crippen LogP contribution in [-0.4, -0.2) is 37.7 Å². The predicted molar refractivity (Wildman–Crippen MR) is 60.8 cm³/mol. The molecule has 0 aromatic carbocycles. The Kier molecular flexibility index (Phi) is 2.98. The third kappa shape index (κ3) is 2.21. The highest BCUT2D eigenvalue weighted by Crippen LogP contribution is 2.38. The maximum absolute atomic E-state index is 5.42. The van der Waals surface area contributed by atoms with Crippen molar-refractivity contribution in [2.24, 2.45) is 17.8 Å². The molecule has 1 unspecified atom stereocenters. The monoisotopic (exact) mass is 209 g/mol. The van der Waals surface area contributed by atoms with Gasteiger partial charge in [0, 0.05) is 32.8 Å². The molecule has 0 N–H and O–H groups in total. The predicted octanol–water partition coefficient (Wildman–Crippen LogP) is 2.14. The van der Waals surface area contributed by atoms with Crippen molar-refractivity contribution in [3.63, 3.8) is 0 Å². The van der Waals surface area contributed by atoms with Crippen LogP contribution in [0.5, 0.6) is 0 Å². The van der Waals surface area contributed by atoms with Gasteiger partial charge in [-0.2, -0.15) is 0 Å². The molecule has 3 aliphatic rings. The highest BCUT2D eigenvalue weighted by atomic mass is 16.5. The highest BCUT2D eigenvalue weighted by molar-refractivity contribution is 4.89. The Hall–Kier alpha value is -0.0800.